The second kappa shape index (κ2) is 9.20. The van der Waals surface area contributed by atoms with Crippen LogP contribution in [0.25, 0.3) is 0 Å². The third kappa shape index (κ3) is 4.78. The van der Waals surface area contributed by atoms with Gasteiger partial charge in [-0.2, -0.15) is 0 Å². The number of benzene rings is 2. The SMILES string of the molecule is COC(=O)c1c(S(=O)(=O)Nc2ccccc2C)sc2c1CCN(Cc1ccc(F)cc1F)C2. The first-order valence-electron chi connectivity index (χ1n) is 10.2. The monoisotopic (exact) mass is 492 g/mol. The predicted octanol–water partition coefficient (Wildman–Crippen LogP) is 4.48. The van der Waals surface area contributed by atoms with Gasteiger partial charge in [0, 0.05) is 36.1 Å². The minimum atomic E-state index is -4.06. The molecule has 0 bridgehead atoms. The molecule has 0 radical (unpaired) electrons. The molecular weight excluding hydrogens is 470 g/mol. The molecule has 0 unspecified atom stereocenters. The molecule has 0 atom stereocenters. The van der Waals surface area contributed by atoms with Crippen LogP contribution in [0.5, 0.6) is 0 Å². The van der Waals surface area contributed by atoms with E-state index in [1.807, 2.05) is 4.90 Å². The minimum absolute atomic E-state index is 0.0474. The molecule has 2 heterocycles. The number of ether oxygens (including phenoxy) is 1. The number of carbonyl (C=O) groups excluding carboxylic acids is 1. The number of nitrogens with zero attached hydrogens (tertiary/aromatic N) is 1. The zero-order valence-electron chi connectivity index (χ0n) is 18.0. The van der Waals surface area contributed by atoms with E-state index in [-0.39, 0.29) is 16.3 Å². The third-order valence-corrected chi connectivity index (χ3v) is 8.64. The van der Waals surface area contributed by atoms with Crippen molar-refractivity contribution < 1.29 is 26.7 Å². The molecule has 0 saturated carbocycles. The summed E-state index contributed by atoms with van der Waals surface area (Å²) in [6, 6.07) is 10.4. The van der Waals surface area contributed by atoms with Gasteiger partial charge in [0.25, 0.3) is 10.0 Å². The van der Waals surface area contributed by atoms with Gasteiger partial charge in [0.2, 0.25) is 0 Å². The maximum absolute atomic E-state index is 14.1. The van der Waals surface area contributed by atoms with Crippen LogP contribution in [0.15, 0.2) is 46.7 Å². The fourth-order valence-electron chi connectivity index (χ4n) is 3.83. The van der Waals surface area contributed by atoms with Gasteiger partial charge in [-0.1, -0.05) is 24.3 Å². The number of esters is 1. The summed E-state index contributed by atoms with van der Waals surface area (Å²) in [5, 5.41) is 0. The Morgan fingerprint density at radius 3 is 2.67 bits per heavy atom. The maximum atomic E-state index is 14.1. The summed E-state index contributed by atoms with van der Waals surface area (Å²) >= 11 is 1.01. The number of para-hydroxylation sites is 1. The Labute approximate surface area is 194 Å². The fourth-order valence-corrected chi connectivity index (χ4v) is 6.89. The highest BCUT2D eigenvalue weighted by molar-refractivity contribution is 7.94. The standard InChI is InChI=1S/C23H22F2N2O4S2/c1-14-5-3-4-6-19(14)26-33(29,30)23-21(22(28)31-2)17-9-10-27(13-20(17)32-23)12-15-7-8-16(24)11-18(15)25/h3-8,11,26H,9-10,12-13H2,1-2H3. The van der Waals surface area contributed by atoms with Crippen molar-refractivity contribution in [3.63, 3.8) is 0 Å². The number of sulfonamides is 1. The number of fused-ring (bicyclic) bond motifs is 1. The van der Waals surface area contributed by atoms with Crippen LogP contribution in [0.3, 0.4) is 0 Å². The lowest BCUT2D eigenvalue weighted by atomic mass is 10.0. The van der Waals surface area contributed by atoms with Crippen molar-refractivity contribution in [1.29, 1.82) is 0 Å². The Bertz CT molecular complexity index is 1320. The Balaban J connectivity index is 1.67. The molecule has 2 aromatic carbocycles. The molecule has 3 aromatic rings. The Morgan fingerprint density at radius 2 is 1.97 bits per heavy atom. The highest BCUT2D eigenvalue weighted by Crippen LogP contribution is 2.38. The summed E-state index contributed by atoms with van der Waals surface area (Å²) in [6.45, 7) is 2.83. The van der Waals surface area contributed by atoms with E-state index >= 15 is 0 Å². The summed E-state index contributed by atoms with van der Waals surface area (Å²) < 4.78 is 61.2. The van der Waals surface area contributed by atoms with E-state index in [9.17, 15) is 22.0 Å². The van der Waals surface area contributed by atoms with Gasteiger partial charge in [-0.05, 0) is 36.6 Å². The van der Waals surface area contributed by atoms with Crippen LogP contribution in [0.1, 0.15) is 31.9 Å². The van der Waals surface area contributed by atoms with E-state index in [1.54, 1.807) is 31.2 Å². The minimum Gasteiger partial charge on any atom is -0.465 e. The Morgan fingerprint density at radius 1 is 1.21 bits per heavy atom. The van der Waals surface area contributed by atoms with Gasteiger partial charge < -0.3 is 4.74 Å². The molecule has 0 spiro atoms. The van der Waals surface area contributed by atoms with Crippen LogP contribution in [-0.4, -0.2) is 32.9 Å². The summed E-state index contributed by atoms with van der Waals surface area (Å²) in [7, 11) is -2.84. The number of methoxy groups -OCH3 is 1. The molecule has 1 N–H and O–H groups in total. The summed E-state index contributed by atoms with van der Waals surface area (Å²) in [6.07, 6.45) is 0.402. The van der Waals surface area contributed by atoms with E-state index < -0.39 is 27.6 Å². The molecule has 4 rings (SSSR count). The first-order valence-corrected chi connectivity index (χ1v) is 12.5. The first kappa shape index (κ1) is 23.3. The molecule has 0 aliphatic carbocycles. The molecular formula is C23H22F2N2O4S2. The van der Waals surface area contributed by atoms with Gasteiger partial charge >= 0.3 is 5.97 Å². The number of thiophene rings is 1. The highest BCUT2D eigenvalue weighted by atomic mass is 32.2. The van der Waals surface area contributed by atoms with Gasteiger partial charge in [0.05, 0.1) is 18.4 Å². The van der Waals surface area contributed by atoms with Crippen LogP contribution in [0.4, 0.5) is 14.5 Å². The van der Waals surface area contributed by atoms with Crippen molar-refractivity contribution in [2.24, 2.45) is 0 Å². The highest BCUT2D eigenvalue weighted by Gasteiger charge is 2.34. The molecule has 1 aromatic heterocycles. The van der Waals surface area contributed by atoms with Crippen molar-refractivity contribution in [3.05, 3.63) is 81.2 Å². The number of hydrogen-bond acceptors (Lipinski definition) is 6. The van der Waals surface area contributed by atoms with Gasteiger partial charge in [-0.15, -0.1) is 11.3 Å². The number of anilines is 1. The van der Waals surface area contributed by atoms with E-state index in [0.717, 1.165) is 23.0 Å². The quantitative estimate of drug-likeness (QED) is 0.514. The number of hydrogen-bond donors (Lipinski definition) is 1. The number of aryl methyl sites for hydroxylation is 1. The van der Waals surface area contributed by atoms with E-state index in [4.69, 9.17) is 4.74 Å². The number of rotatable bonds is 6. The van der Waals surface area contributed by atoms with Crippen LogP contribution in [-0.2, 0) is 34.3 Å². The first-order chi connectivity index (χ1) is 15.7. The predicted molar refractivity (Wildman–Crippen MR) is 122 cm³/mol. The summed E-state index contributed by atoms with van der Waals surface area (Å²) in [5.74, 6) is -1.99. The summed E-state index contributed by atoms with van der Waals surface area (Å²) in [5.41, 5.74) is 2.19. The van der Waals surface area contributed by atoms with Crippen LogP contribution in [0, 0.1) is 18.6 Å². The lowest BCUT2D eigenvalue weighted by molar-refractivity contribution is 0.0595. The molecule has 33 heavy (non-hydrogen) atoms. The molecule has 0 amide bonds. The molecule has 0 fully saturated rings. The van der Waals surface area contributed by atoms with Crippen molar-refractivity contribution in [1.82, 2.24) is 4.90 Å². The topological polar surface area (TPSA) is 75.7 Å². The van der Waals surface area contributed by atoms with Crippen LogP contribution in [0.2, 0.25) is 0 Å². The second-order valence-electron chi connectivity index (χ2n) is 7.77. The third-order valence-electron chi connectivity index (χ3n) is 5.54. The van der Waals surface area contributed by atoms with Crippen molar-refractivity contribution in [2.75, 3.05) is 18.4 Å². The largest absolute Gasteiger partial charge is 0.465 e. The Hall–Kier alpha value is -2.82. The van der Waals surface area contributed by atoms with Crippen molar-refractivity contribution in [3.8, 4) is 0 Å². The lowest BCUT2D eigenvalue weighted by Gasteiger charge is -2.27. The van der Waals surface area contributed by atoms with Crippen LogP contribution < -0.4 is 4.72 Å². The molecule has 10 heteroatoms. The van der Waals surface area contributed by atoms with Gasteiger partial charge in [0.1, 0.15) is 11.6 Å². The van der Waals surface area contributed by atoms with E-state index in [2.05, 4.69) is 4.72 Å². The zero-order valence-corrected chi connectivity index (χ0v) is 19.7. The smallest absolute Gasteiger partial charge is 0.340 e. The molecule has 6 nitrogen and oxygen atoms in total. The Kier molecular flexibility index (Phi) is 6.51. The molecule has 1 aliphatic heterocycles. The van der Waals surface area contributed by atoms with Crippen LogP contribution >= 0.6 is 11.3 Å². The lowest BCUT2D eigenvalue weighted by Crippen LogP contribution is -2.30. The molecule has 1 aliphatic rings. The zero-order chi connectivity index (χ0) is 23.8. The molecule has 174 valence electrons. The normalized spacial score (nSPS) is 14.1. The number of halogens is 2. The maximum Gasteiger partial charge on any atom is 0.340 e. The van der Waals surface area contributed by atoms with E-state index in [1.165, 1.54) is 19.2 Å². The molecule has 0 saturated heterocycles. The van der Waals surface area contributed by atoms with Gasteiger partial charge in [-0.25, -0.2) is 22.0 Å². The average Bonchev–Trinajstić information content (AvgIpc) is 3.16. The van der Waals surface area contributed by atoms with Gasteiger partial charge in [0.15, 0.2) is 4.21 Å². The van der Waals surface area contributed by atoms with Crippen molar-refractivity contribution >= 4 is 33.0 Å². The number of nitrogens with one attached hydrogen (secondary N) is 1. The van der Waals surface area contributed by atoms with Gasteiger partial charge in [-0.3, -0.25) is 9.62 Å². The second-order valence-corrected chi connectivity index (χ2v) is 10.8. The average molecular weight is 493 g/mol. The van der Waals surface area contributed by atoms with E-state index in [0.29, 0.717) is 41.2 Å². The fraction of sp³-hybridized carbons (Fsp3) is 0.261. The van der Waals surface area contributed by atoms with Crippen molar-refractivity contribution in [2.45, 2.75) is 30.6 Å². The summed E-state index contributed by atoms with van der Waals surface area (Å²) in [4.78, 5) is 15.2. The number of carbonyl (C=O) groups is 1.